The SMILES string of the molecule is C=N/C(N)=N\NCNc1cc(F)c(-c2ccc(C(F)(F)F)cc2)c(C(F)(F)F)c1. The summed E-state index contributed by atoms with van der Waals surface area (Å²) in [7, 11) is 0. The highest BCUT2D eigenvalue weighted by Gasteiger charge is 2.36. The Bertz CT molecular complexity index is 902. The van der Waals surface area contributed by atoms with Gasteiger partial charge in [-0.3, -0.25) is 5.43 Å². The van der Waals surface area contributed by atoms with Crippen molar-refractivity contribution in [1.82, 2.24) is 5.43 Å². The summed E-state index contributed by atoms with van der Waals surface area (Å²) in [6, 6.07) is 4.15. The molecule has 0 fully saturated rings. The zero-order chi connectivity index (χ0) is 21.8. The fourth-order valence-corrected chi connectivity index (χ4v) is 2.35. The number of rotatable bonds is 5. The minimum atomic E-state index is -4.96. The smallest absolute Gasteiger partial charge is 0.367 e. The van der Waals surface area contributed by atoms with Gasteiger partial charge in [0.2, 0.25) is 5.96 Å². The number of hydrazone groups is 1. The number of nitrogens with one attached hydrogen (secondary N) is 2. The summed E-state index contributed by atoms with van der Waals surface area (Å²) in [6.07, 6.45) is -9.63. The van der Waals surface area contributed by atoms with Crippen LogP contribution in [0.15, 0.2) is 46.5 Å². The lowest BCUT2D eigenvalue weighted by atomic mass is 9.96. The second kappa shape index (κ2) is 8.37. The molecule has 156 valence electrons. The molecule has 0 spiro atoms. The van der Waals surface area contributed by atoms with Crippen molar-refractivity contribution >= 4 is 18.4 Å². The number of hydrogen-bond donors (Lipinski definition) is 3. The van der Waals surface area contributed by atoms with Gasteiger partial charge in [0.25, 0.3) is 0 Å². The van der Waals surface area contributed by atoms with E-state index in [-0.39, 0.29) is 23.9 Å². The average Bonchev–Trinajstić information content (AvgIpc) is 2.63. The fourth-order valence-electron chi connectivity index (χ4n) is 2.35. The summed E-state index contributed by atoms with van der Waals surface area (Å²) >= 11 is 0. The number of anilines is 1. The van der Waals surface area contributed by atoms with Crippen LogP contribution in [-0.4, -0.2) is 19.3 Å². The molecule has 5 nitrogen and oxygen atoms in total. The zero-order valence-electron chi connectivity index (χ0n) is 14.5. The van der Waals surface area contributed by atoms with E-state index in [0.717, 1.165) is 18.2 Å². The van der Waals surface area contributed by atoms with E-state index in [1.807, 2.05) is 0 Å². The van der Waals surface area contributed by atoms with Crippen LogP contribution < -0.4 is 16.5 Å². The molecular weight excluding hydrogens is 407 g/mol. The molecule has 0 atom stereocenters. The van der Waals surface area contributed by atoms with Gasteiger partial charge in [0, 0.05) is 11.3 Å². The highest BCUT2D eigenvalue weighted by Crippen LogP contribution is 2.41. The number of guanidine groups is 1. The minimum Gasteiger partial charge on any atom is -0.367 e. The normalized spacial score (nSPS) is 12.6. The van der Waals surface area contributed by atoms with Crippen molar-refractivity contribution < 1.29 is 30.7 Å². The van der Waals surface area contributed by atoms with Gasteiger partial charge in [-0.15, -0.1) is 5.10 Å². The molecule has 0 saturated carbocycles. The van der Waals surface area contributed by atoms with E-state index in [9.17, 15) is 30.7 Å². The number of nitrogens with zero attached hydrogens (tertiary/aromatic N) is 2. The van der Waals surface area contributed by atoms with Gasteiger partial charge in [-0.1, -0.05) is 12.1 Å². The number of hydrogen-bond acceptors (Lipinski definition) is 3. The first kappa shape index (κ1) is 22.0. The van der Waals surface area contributed by atoms with E-state index in [1.165, 1.54) is 0 Å². The van der Waals surface area contributed by atoms with Crippen molar-refractivity contribution in [2.45, 2.75) is 12.4 Å². The molecule has 0 amide bonds. The average molecular weight is 421 g/mol. The molecule has 2 aromatic carbocycles. The van der Waals surface area contributed by atoms with Gasteiger partial charge >= 0.3 is 12.4 Å². The third kappa shape index (κ3) is 5.59. The van der Waals surface area contributed by atoms with Gasteiger partial charge in [-0.2, -0.15) is 26.3 Å². The first-order valence-electron chi connectivity index (χ1n) is 7.78. The van der Waals surface area contributed by atoms with Crippen LogP contribution in [-0.2, 0) is 12.4 Å². The van der Waals surface area contributed by atoms with Gasteiger partial charge in [-0.25, -0.2) is 9.38 Å². The van der Waals surface area contributed by atoms with E-state index in [0.29, 0.717) is 18.2 Å². The van der Waals surface area contributed by atoms with Crippen LogP contribution in [0.25, 0.3) is 11.1 Å². The Morgan fingerprint density at radius 3 is 2.14 bits per heavy atom. The van der Waals surface area contributed by atoms with Gasteiger partial charge in [0.15, 0.2) is 0 Å². The molecule has 12 heteroatoms. The lowest BCUT2D eigenvalue weighted by Crippen LogP contribution is -2.21. The lowest BCUT2D eigenvalue weighted by Gasteiger charge is -2.17. The van der Waals surface area contributed by atoms with Crippen LogP contribution in [0.5, 0.6) is 0 Å². The molecule has 4 N–H and O–H groups in total. The van der Waals surface area contributed by atoms with Crippen LogP contribution >= 0.6 is 0 Å². The van der Waals surface area contributed by atoms with Crippen molar-refractivity contribution in [3.05, 3.63) is 53.3 Å². The molecule has 0 heterocycles. The molecule has 0 bridgehead atoms. The molecule has 0 aromatic heterocycles. The topological polar surface area (TPSA) is 74.8 Å². The number of alkyl halides is 6. The van der Waals surface area contributed by atoms with Gasteiger partial charge in [0.05, 0.1) is 11.1 Å². The lowest BCUT2D eigenvalue weighted by molar-refractivity contribution is -0.138. The summed E-state index contributed by atoms with van der Waals surface area (Å²) in [6.45, 7) is 2.89. The Balaban J connectivity index is 2.39. The molecule has 0 aliphatic carbocycles. The second-order valence-electron chi connectivity index (χ2n) is 5.59. The molecule has 29 heavy (non-hydrogen) atoms. The Labute approximate surface area is 160 Å². The number of benzene rings is 2. The van der Waals surface area contributed by atoms with Crippen molar-refractivity contribution in [1.29, 1.82) is 0 Å². The highest BCUT2D eigenvalue weighted by molar-refractivity contribution is 5.82. The van der Waals surface area contributed by atoms with E-state index in [1.54, 1.807) is 0 Å². The van der Waals surface area contributed by atoms with E-state index < -0.39 is 34.9 Å². The van der Waals surface area contributed by atoms with Crippen LogP contribution in [0.1, 0.15) is 11.1 Å². The molecule has 2 aromatic rings. The third-order valence-electron chi connectivity index (χ3n) is 3.62. The number of nitrogens with two attached hydrogens (primary N) is 1. The highest BCUT2D eigenvalue weighted by atomic mass is 19.4. The monoisotopic (exact) mass is 421 g/mol. The van der Waals surface area contributed by atoms with E-state index >= 15 is 0 Å². The summed E-state index contributed by atoms with van der Waals surface area (Å²) < 4.78 is 92.8. The van der Waals surface area contributed by atoms with Crippen molar-refractivity contribution in [3.8, 4) is 11.1 Å². The maximum Gasteiger partial charge on any atom is 0.417 e. The van der Waals surface area contributed by atoms with Crippen molar-refractivity contribution in [2.24, 2.45) is 15.8 Å². The molecular formula is C17H14F7N5. The zero-order valence-corrected chi connectivity index (χ0v) is 14.5. The second-order valence-corrected chi connectivity index (χ2v) is 5.59. The predicted octanol–water partition coefficient (Wildman–Crippen LogP) is 4.42. The number of halogens is 7. The summed E-state index contributed by atoms with van der Waals surface area (Å²) in [5.74, 6) is -1.48. The van der Waals surface area contributed by atoms with Crippen molar-refractivity contribution in [2.75, 3.05) is 12.0 Å². The van der Waals surface area contributed by atoms with Crippen LogP contribution in [0.2, 0.25) is 0 Å². The molecule has 0 radical (unpaired) electrons. The molecule has 0 saturated heterocycles. The van der Waals surface area contributed by atoms with E-state index in [2.05, 4.69) is 27.6 Å². The standard InChI is InChI=1S/C17H14F7N5/c1-26-15(25)29-28-8-27-11-6-12(17(22,23)24)14(13(18)7-11)9-2-4-10(5-3-9)16(19,20)21/h2-7,27-28H,1,8H2,(H2,25,29). The summed E-state index contributed by atoms with van der Waals surface area (Å²) in [5, 5.41) is 5.95. The third-order valence-corrected chi connectivity index (χ3v) is 3.62. The maximum atomic E-state index is 14.5. The summed E-state index contributed by atoms with van der Waals surface area (Å²) in [5.41, 5.74) is 3.71. The number of aliphatic imine (C=N–C) groups is 1. The maximum absolute atomic E-state index is 14.5. The molecule has 0 aliphatic heterocycles. The predicted molar refractivity (Wildman–Crippen MR) is 94.6 cm³/mol. The van der Waals surface area contributed by atoms with Gasteiger partial charge in [0.1, 0.15) is 12.5 Å². The molecule has 2 rings (SSSR count). The summed E-state index contributed by atoms with van der Waals surface area (Å²) in [4.78, 5) is 3.27. The first-order valence-corrected chi connectivity index (χ1v) is 7.78. The molecule has 0 unspecified atom stereocenters. The molecule has 0 aliphatic rings. The Kier molecular flexibility index (Phi) is 6.34. The first-order chi connectivity index (χ1) is 13.4. The Morgan fingerprint density at radius 2 is 1.62 bits per heavy atom. The van der Waals surface area contributed by atoms with Gasteiger partial charge < -0.3 is 11.1 Å². The Morgan fingerprint density at radius 1 is 1.00 bits per heavy atom. The largest absolute Gasteiger partial charge is 0.417 e. The van der Waals surface area contributed by atoms with Crippen LogP contribution in [0, 0.1) is 5.82 Å². The van der Waals surface area contributed by atoms with Gasteiger partial charge in [-0.05, 0) is 36.5 Å². The Hall–Kier alpha value is -3.31. The fraction of sp³-hybridized carbons (Fsp3) is 0.176. The quantitative estimate of drug-likeness (QED) is 0.167. The van der Waals surface area contributed by atoms with Crippen molar-refractivity contribution in [3.63, 3.8) is 0 Å². The van der Waals surface area contributed by atoms with Crippen LogP contribution in [0.4, 0.5) is 36.4 Å². The minimum absolute atomic E-state index is 0.216. The van der Waals surface area contributed by atoms with E-state index in [4.69, 9.17) is 5.73 Å². The van der Waals surface area contributed by atoms with Crippen LogP contribution in [0.3, 0.4) is 0 Å².